The molecule has 0 spiro atoms. The van der Waals surface area contributed by atoms with E-state index in [9.17, 15) is 4.79 Å². The highest BCUT2D eigenvalue weighted by Gasteiger charge is 2.25. The minimum atomic E-state index is -0.229. The van der Waals surface area contributed by atoms with E-state index >= 15 is 0 Å². The Morgan fingerprint density at radius 3 is 2.75 bits per heavy atom. The van der Waals surface area contributed by atoms with Gasteiger partial charge in [-0.2, -0.15) is 0 Å². The summed E-state index contributed by atoms with van der Waals surface area (Å²) in [6.07, 6.45) is 1.76. The molecule has 0 aromatic carbocycles. The van der Waals surface area contributed by atoms with Crippen LogP contribution in [0.5, 0.6) is 0 Å². The Hall–Kier alpha value is -0.860. The van der Waals surface area contributed by atoms with Gasteiger partial charge in [-0.1, -0.05) is 13.8 Å². The maximum absolute atomic E-state index is 11.1. The lowest BCUT2D eigenvalue weighted by Crippen LogP contribution is -2.17. The highest BCUT2D eigenvalue weighted by atomic mass is 16.5. The van der Waals surface area contributed by atoms with E-state index in [1.165, 1.54) is 7.11 Å². The Bertz CT molecular complexity index is 209. The van der Waals surface area contributed by atoms with E-state index in [4.69, 9.17) is 0 Å². The zero-order valence-corrected chi connectivity index (χ0v) is 7.83. The van der Waals surface area contributed by atoms with Gasteiger partial charge >= 0.3 is 5.97 Å². The van der Waals surface area contributed by atoms with Crippen LogP contribution in [0.25, 0.3) is 0 Å². The molecule has 1 aliphatic rings. The third kappa shape index (κ3) is 1.84. The summed E-state index contributed by atoms with van der Waals surface area (Å²) in [5.74, 6) is 0.255. The zero-order valence-electron chi connectivity index (χ0n) is 7.83. The first-order chi connectivity index (χ1) is 5.65. The van der Waals surface area contributed by atoms with Crippen LogP contribution in [-0.2, 0) is 9.53 Å². The van der Waals surface area contributed by atoms with Crippen LogP contribution < -0.4 is 0 Å². The van der Waals surface area contributed by atoms with Crippen molar-refractivity contribution in [2.45, 2.75) is 32.7 Å². The summed E-state index contributed by atoms with van der Waals surface area (Å²) < 4.78 is 4.62. The second kappa shape index (κ2) is 3.70. The van der Waals surface area contributed by atoms with E-state index in [1.807, 2.05) is 0 Å². The van der Waals surface area contributed by atoms with Gasteiger partial charge in [-0.3, -0.25) is 4.99 Å². The highest BCUT2D eigenvalue weighted by molar-refractivity contribution is 5.92. The van der Waals surface area contributed by atoms with E-state index in [-0.39, 0.29) is 12.0 Å². The van der Waals surface area contributed by atoms with Crippen LogP contribution in [0, 0.1) is 5.92 Å². The maximum Gasteiger partial charge on any atom is 0.330 e. The molecule has 0 aromatic rings. The second-order valence-electron chi connectivity index (χ2n) is 3.35. The summed E-state index contributed by atoms with van der Waals surface area (Å²) in [5, 5.41) is 0. The fraction of sp³-hybridized carbons (Fsp3) is 0.778. The molecule has 68 valence electrons. The maximum atomic E-state index is 11.1. The van der Waals surface area contributed by atoms with Crippen molar-refractivity contribution < 1.29 is 9.53 Å². The summed E-state index contributed by atoms with van der Waals surface area (Å²) in [6.45, 7) is 4.19. The van der Waals surface area contributed by atoms with Crippen LogP contribution in [0.1, 0.15) is 26.7 Å². The van der Waals surface area contributed by atoms with Crippen molar-refractivity contribution in [2.75, 3.05) is 7.11 Å². The van der Waals surface area contributed by atoms with Crippen molar-refractivity contribution in [2.24, 2.45) is 10.9 Å². The molecule has 0 N–H and O–H groups in total. The van der Waals surface area contributed by atoms with Crippen molar-refractivity contribution >= 4 is 11.7 Å². The zero-order chi connectivity index (χ0) is 9.14. The predicted molar refractivity (Wildman–Crippen MR) is 47.3 cm³/mol. The number of nitrogens with zero attached hydrogens (tertiary/aromatic N) is 1. The first-order valence-corrected chi connectivity index (χ1v) is 4.29. The van der Waals surface area contributed by atoms with Gasteiger partial charge in [0.1, 0.15) is 6.04 Å². The summed E-state index contributed by atoms with van der Waals surface area (Å²) in [4.78, 5) is 15.4. The van der Waals surface area contributed by atoms with Gasteiger partial charge in [0.05, 0.1) is 7.11 Å². The molecule has 1 heterocycles. The van der Waals surface area contributed by atoms with Gasteiger partial charge < -0.3 is 4.74 Å². The van der Waals surface area contributed by atoms with Crippen LogP contribution in [0.2, 0.25) is 0 Å². The standard InChI is InChI=1S/C9H15NO2/c1-6(2)7-4-5-8(10-7)9(11)12-3/h6,8H,4-5H2,1-3H3/t8-/m0/s1. The van der Waals surface area contributed by atoms with E-state index in [1.54, 1.807) is 0 Å². The Balaban J connectivity index is 2.58. The number of hydrogen-bond donors (Lipinski definition) is 0. The normalized spacial score (nSPS) is 22.7. The average molecular weight is 169 g/mol. The smallest absolute Gasteiger partial charge is 0.330 e. The first-order valence-electron chi connectivity index (χ1n) is 4.29. The molecule has 0 saturated heterocycles. The molecule has 0 aromatic heterocycles. The van der Waals surface area contributed by atoms with E-state index in [0.717, 1.165) is 18.6 Å². The second-order valence-corrected chi connectivity index (χ2v) is 3.35. The van der Waals surface area contributed by atoms with Crippen molar-refractivity contribution in [3.05, 3.63) is 0 Å². The van der Waals surface area contributed by atoms with Crippen molar-refractivity contribution in [3.63, 3.8) is 0 Å². The number of ether oxygens (including phenoxy) is 1. The summed E-state index contributed by atoms with van der Waals surface area (Å²) in [6, 6.07) is -0.229. The molecule has 3 heteroatoms. The Kier molecular flexibility index (Phi) is 2.84. The molecule has 1 aliphatic heterocycles. The van der Waals surface area contributed by atoms with E-state index < -0.39 is 0 Å². The van der Waals surface area contributed by atoms with Crippen molar-refractivity contribution in [1.29, 1.82) is 0 Å². The Morgan fingerprint density at radius 2 is 2.33 bits per heavy atom. The molecule has 0 aliphatic carbocycles. The molecular weight excluding hydrogens is 154 g/mol. The largest absolute Gasteiger partial charge is 0.467 e. The van der Waals surface area contributed by atoms with Crippen LogP contribution in [0.15, 0.2) is 4.99 Å². The quantitative estimate of drug-likeness (QED) is 0.586. The van der Waals surface area contributed by atoms with Gasteiger partial charge in [-0.15, -0.1) is 0 Å². The van der Waals surface area contributed by atoms with Gasteiger partial charge in [0.15, 0.2) is 0 Å². The van der Waals surface area contributed by atoms with Crippen molar-refractivity contribution in [3.8, 4) is 0 Å². The molecule has 0 bridgehead atoms. The molecule has 0 unspecified atom stereocenters. The molecule has 1 atom stereocenters. The molecule has 12 heavy (non-hydrogen) atoms. The third-order valence-electron chi connectivity index (χ3n) is 2.14. The van der Waals surface area contributed by atoms with E-state index in [0.29, 0.717) is 5.92 Å². The molecule has 0 amide bonds. The lowest BCUT2D eigenvalue weighted by molar-refractivity contribution is -0.141. The molecule has 0 fully saturated rings. The van der Waals surface area contributed by atoms with Gasteiger partial charge in [-0.25, -0.2) is 4.79 Å². The minimum Gasteiger partial charge on any atom is -0.467 e. The van der Waals surface area contributed by atoms with Gasteiger partial charge in [0.2, 0.25) is 0 Å². The molecule has 3 nitrogen and oxygen atoms in total. The van der Waals surface area contributed by atoms with Crippen molar-refractivity contribution in [1.82, 2.24) is 0 Å². The number of carbonyl (C=O) groups is 1. The number of carbonyl (C=O) groups excluding carboxylic acids is 1. The number of methoxy groups -OCH3 is 1. The fourth-order valence-electron chi connectivity index (χ4n) is 1.36. The van der Waals surface area contributed by atoms with E-state index in [2.05, 4.69) is 23.6 Å². The molecular formula is C9H15NO2. The predicted octanol–water partition coefficient (Wildman–Crippen LogP) is 1.42. The molecule has 0 saturated carbocycles. The van der Waals surface area contributed by atoms with Gasteiger partial charge in [0, 0.05) is 5.71 Å². The van der Waals surface area contributed by atoms with Crippen LogP contribution in [-0.4, -0.2) is 24.8 Å². The monoisotopic (exact) mass is 169 g/mol. The number of rotatable bonds is 2. The average Bonchev–Trinajstić information content (AvgIpc) is 2.51. The minimum absolute atomic E-state index is 0.203. The Morgan fingerprint density at radius 1 is 1.67 bits per heavy atom. The van der Waals surface area contributed by atoms with Gasteiger partial charge in [-0.05, 0) is 18.8 Å². The fourth-order valence-corrected chi connectivity index (χ4v) is 1.36. The summed E-state index contributed by atoms with van der Waals surface area (Å²) >= 11 is 0. The summed E-state index contributed by atoms with van der Waals surface area (Å²) in [7, 11) is 1.41. The molecule has 0 radical (unpaired) electrons. The van der Waals surface area contributed by atoms with Crippen LogP contribution in [0.4, 0.5) is 0 Å². The van der Waals surface area contributed by atoms with Crippen LogP contribution >= 0.6 is 0 Å². The number of esters is 1. The lowest BCUT2D eigenvalue weighted by Gasteiger charge is -2.02. The molecule has 1 rings (SSSR count). The number of hydrogen-bond acceptors (Lipinski definition) is 3. The van der Waals surface area contributed by atoms with Crippen LogP contribution in [0.3, 0.4) is 0 Å². The topological polar surface area (TPSA) is 38.7 Å². The summed E-state index contributed by atoms with van der Waals surface area (Å²) in [5.41, 5.74) is 1.14. The third-order valence-corrected chi connectivity index (χ3v) is 2.14. The Labute approximate surface area is 72.8 Å². The first kappa shape index (κ1) is 9.23. The van der Waals surface area contributed by atoms with Gasteiger partial charge in [0.25, 0.3) is 0 Å². The number of aliphatic imine (C=N–C) groups is 1. The SMILES string of the molecule is COC(=O)[C@@H]1CCC(C(C)C)=N1. The highest BCUT2D eigenvalue weighted by Crippen LogP contribution is 2.18. The lowest BCUT2D eigenvalue weighted by atomic mass is 10.1.